The summed E-state index contributed by atoms with van der Waals surface area (Å²) in [7, 11) is 0. The number of carbonyl (C=O) groups excluding carboxylic acids is 2. The normalized spacial score (nSPS) is 28.4. The predicted molar refractivity (Wildman–Crippen MR) is 101 cm³/mol. The molecule has 0 radical (unpaired) electrons. The van der Waals surface area contributed by atoms with E-state index in [2.05, 4.69) is 5.32 Å². The standard InChI is InChI=1S/C21H28N2O4/c1-21(12-6-5-11-17(21)20(26)27)22-18(24)16-10-7-13-23(14-16)19(25)15-8-3-2-4-9-15/h2-4,8-9,16-17H,5-7,10-14H2,1H3,(H,22,24)(H,26,27). The van der Waals surface area contributed by atoms with Gasteiger partial charge in [0.15, 0.2) is 0 Å². The van der Waals surface area contributed by atoms with E-state index in [0.29, 0.717) is 31.5 Å². The van der Waals surface area contributed by atoms with E-state index >= 15 is 0 Å². The zero-order valence-electron chi connectivity index (χ0n) is 15.8. The molecule has 6 heteroatoms. The fourth-order valence-electron chi connectivity index (χ4n) is 4.40. The van der Waals surface area contributed by atoms with Crippen molar-refractivity contribution in [1.82, 2.24) is 10.2 Å². The van der Waals surface area contributed by atoms with Crippen LogP contribution in [-0.2, 0) is 9.59 Å². The Morgan fingerprint density at radius 2 is 1.85 bits per heavy atom. The fraction of sp³-hybridized carbons (Fsp3) is 0.571. The highest BCUT2D eigenvalue weighted by Crippen LogP contribution is 2.34. The maximum Gasteiger partial charge on any atom is 0.308 e. The van der Waals surface area contributed by atoms with Crippen LogP contribution in [0.1, 0.15) is 55.8 Å². The van der Waals surface area contributed by atoms with E-state index in [0.717, 1.165) is 25.7 Å². The topological polar surface area (TPSA) is 86.7 Å². The van der Waals surface area contributed by atoms with E-state index in [1.165, 1.54) is 0 Å². The van der Waals surface area contributed by atoms with Gasteiger partial charge in [-0.3, -0.25) is 14.4 Å². The highest BCUT2D eigenvalue weighted by Gasteiger charge is 2.43. The van der Waals surface area contributed by atoms with Gasteiger partial charge in [0.25, 0.3) is 5.91 Å². The van der Waals surface area contributed by atoms with Crippen LogP contribution in [0, 0.1) is 11.8 Å². The molecule has 1 aliphatic heterocycles. The minimum Gasteiger partial charge on any atom is -0.481 e. The second-order valence-corrected chi connectivity index (χ2v) is 8.00. The molecule has 0 spiro atoms. The summed E-state index contributed by atoms with van der Waals surface area (Å²) in [6, 6.07) is 9.10. The number of piperidine rings is 1. The number of aliphatic carboxylic acids is 1. The molecule has 146 valence electrons. The number of carboxylic acid groups (broad SMARTS) is 1. The second kappa shape index (κ2) is 8.11. The number of hydrogen-bond acceptors (Lipinski definition) is 3. The van der Waals surface area contributed by atoms with Crippen molar-refractivity contribution < 1.29 is 19.5 Å². The molecule has 0 bridgehead atoms. The van der Waals surface area contributed by atoms with Crippen LogP contribution in [0.15, 0.2) is 30.3 Å². The summed E-state index contributed by atoms with van der Waals surface area (Å²) in [6.07, 6.45) is 4.56. The number of nitrogens with zero attached hydrogens (tertiary/aromatic N) is 1. The van der Waals surface area contributed by atoms with Crippen LogP contribution in [0.4, 0.5) is 0 Å². The first-order valence-electron chi connectivity index (χ1n) is 9.80. The van der Waals surface area contributed by atoms with E-state index in [4.69, 9.17) is 0 Å². The molecule has 3 unspecified atom stereocenters. The van der Waals surface area contributed by atoms with Crippen molar-refractivity contribution in [1.29, 1.82) is 0 Å². The molecule has 3 rings (SSSR count). The lowest BCUT2D eigenvalue weighted by Gasteiger charge is -2.41. The van der Waals surface area contributed by atoms with Crippen molar-refractivity contribution in [3.05, 3.63) is 35.9 Å². The summed E-state index contributed by atoms with van der Waals surface area (Å²) >= 11 is 0. The first-order chi connectivity index (χ1) is 12.9. The Morgan fingerprint density at radius 3 is 2.56 bits per heavy atom. The van der Waals surface area contributed by atoms with E-state index in [1.54, 1.807) is 17.0 Å². The van der Waals surface area contributed by atoms with Gasteiger partial charge in [-0.15, -0.1) is 0 Å². The Bertz CT molecular complexity index is 705. The third-order valence-corrected chi connectivity index (χ3v) is 6.01. The summed E-state index contributed by atoms with van der Waals surface area (Å²) in [5, 5.41) is 12.6. The molecule has 6 nitrogen and oxygen atoms in total. The Hall–Kier alpha value is -2.37. The Morgan fingerprint density at radius 1 is 1.11 bits per heavy atom. The highest BCUT2D eigenvalue weighted by molar-refractivity contribution is 5.94. The Labute approximate surface area is 159 Å². The van der Waals surface area contributed by atoms with Gasteiger partial charge in [-0.05, 0) is 44.7 Å². The molecule has 1 heterocycles. The molecular weight excluding hydrogens is 344 g/mol. The van der Waals surface area contributed by atoms with Gasteiger partial charge < -0.3 is 15.3 Å². The molecule has 1 aromatic rings. The largest absolute Gasteiger partial charge is 0.481 e. The van der Waals surface area contributed by atoms with Crippen molar-refractivity contribution in [2.24, 2.45) is 11.8 Å². The molecule has 27 heavy (non-hydrogen) atoms. The van der Waals surface area contributed by atoms with Crippen LogP contribution in [0.2, 0.25) is 0 Å². The minimum atomic E-state index is -0.845. The maximum absolute atomic E-state index is 12.9. The minimum absolute atomic E-state index is 0.0552. The number of benzene rings is 1. The zero-order chi connectivity index (χ0) is 19.4. The molecule has 2 amide bonds. The van der Waals surface area contributed by atoms with Gasteiger partial charge in [-0.2, -0.15) is 0 Å². The van der Waals surface area contributed by atoms with Crippen molar-refractivity contribution >= 4 is 17.8 Å². The summed E-state index contributed by atoms with van der Waals surface area (Å²) in [6.45, 7) is 2.87. The number of rotatable bonds is 4. The molecule has 1 aromatic carbocycles. The van der Waals surface area contributed by atoms with E-state index in [-0.39, 0.29) is 17.7 Å². The summed E-state index contributed by atoms with van der Waals surface area (Å²) < 4.78 is 0. The smallest absolute Gasteiger partial charge is 0.308 e. The van der Waals surface area contributed by atoms with Gasteiger partial charge >= 0.3 is 5.97 Å². The fourth-order valence-corrected chi connectivity index (χ4v) is 4.40. The number of amides is 2. The highest BCUT2D eigenvalue weighted by atomic mass is 16.4. The average molecular weight is 372 g/mol. The molecule has 2 N–H and O–H groups in total. The number of nitrogens with one attached hydrogen (secondary N) is 1. The third kappa shape index (κ3) is 4.31. The number of likely N-dealkylation sites (tertiary alicyclic amines) is 1. The monoisotopic (exact) mass is 372 g/mol. The van der Waals surface area contributed by atoms with Crippen LogP contribution in [0.3, 0.4) is 0 Å². The average Bonchev–Trinajstić information content (AvgIpc) is 2.68. The molecular formula is C21H28N2O4. The summed E-state index contributed by atoms with van der Waals surface area (Å²) in [4.78, 5) is 38.9. The summed E-state index contributed by atoms with van der Waals surface area (Å²) in [5.41, 5.74) is -0.0869. The lowest BCUT2D eigenvalue weighted by molar-refractivity contribution is -0.147. The number of carboxylic acids is 1. The van der Waals surface area contributed by atoms with E-state index < -0.39 is 17.4 Å². The first-order valence-corrected chi connectivity index (χ1v) is 9.80. The molecule has 1 saturated heterocycles. The molecule has 1 saturated carbocycles. The zero-order valence-corrected chi connectivity index (χ0v) is 15.8. The summed E-state index contributed by atoms with van der Waals surface area (Å²) in [5.74, 6) is -1.88. The van der Waals surface area contributed by atoms with Crippen LogP contribution in [0.5, 0.6) is 0 Å². The molecule has 1 aliphatic carbocycles. The quantitative estimate of drug-likeness (QED) is 0.851. The van der Waals surface area contributed by atoms with Crippen LogP contribution >= 0.6 is 0 Å². The molecule has 2 fully saturated rings. The number of hydrogen-bond donors (Lipinski definition) is 2. The van der Waals surface area contributed by atoms with E-state index in [1.807, 2.05) is 25.1 Å². The van der Waals surface area contributed by atoms with E-state index in [9.17, 15) is 19.5 Å². The van der Waals surface area contributed by atoms with Crippen molar-refractivity contribution in [2.75, 3.05) is 13.1 Å². The van der Waals surface area contributed by atoms with Crippen LogP contribution < -0.4 is 5.32 Å². The van der Waals surface area contributed by atoms with Gasteiger partial charge in [-0.25, -0.2) is 0 Å². The van der Waals surface area contributed by atoms with Crippen molar-refractivity contribution in [3.63, 3.8) is 0 Å². The number of carbonyl (C=O) groups is 3. The van der Waals surface area contributed by atoms with Gasteiger partial charge in [0.1, 0.15) is 0 Å². The molecule has 2 aliphatic rings. The Balaban J connectivity index is 1.66. The first kappa shape index (κ1) is 19.4. The SMILES string of the molecule is CC1(NC(=O)C2CCCN(C(=O)c3ccccc3)C2)CCCCC1C(=O)O. The van der Waals surface area contributed by atoms with Crippen molar-refractivity contribution in [3.8, 4) is 0 Å². The van der Waals surface area contributed by atoms with Crippen LogP contribution in [0.25, 0.3) is 0 Å². The Kier molecular flexibility index (Phi) is 5.82. The lowest BCUT2D eigenvalue weighted by atomic mass is 9.73. The van der Waals surface area contributed by atoms with Gasteiger partial charge in [0.05, 0.1) is 17.4 Å². The van der Waals surface area contributed by atoms with Gasteiger partial charge in [0, 0.05) is 18.7 Å². The maximum atomic E-state index is 12.9. The van der Waals surface area contributed by atoms with Gasteiger partial charge in [0.2, 0.25) is 5.91 Å². The third-order valence-electron chi connectivity index (χ3n) is 6.01. The lowest BCUT2D eigenvalue weighted by Crippen LogP contribution is -2.58. The van der Waals surface area contributed by atoms with Gasteiger partial charge in [-0.1, -0.05) is 31.0 Å². The van der Waals surface area contributed by atoms with Crippen LogP contribution in [-0.4, -0.2) is 46.4 Å². The molecule has 3 atom stereocenters. The second-order valence-electron chi connectivity index (χ2n) is 8.00. The predicted octanol–water partition coefficient (Wildman–Crippen LogP) is 2.69. The molecule has 0 aromatic heterocycles. The van der Waals surface area contributed by atoms with Crippen molar-refractivity contribution in [2.45, 2.75) is 51.0 Å².